The number of nitrogens with one attached hydrogen (secondary N) is 1. The third kappa shape index (κ3) is 2.77. The van der Waals surface area contributed by atoms with Crippen molar-refractivity contribution in [2.24, 2.45) is 0 Å². The lowest BCUT2D eigenvalue weighted by molar-refractivity contribution is 0.985. The normalized spacial score (nSPS) is 10.5. The van der Waals surface area contributed by atoms with Gasteiger partial charge in [-0.25, -0.2) is 9.97 Å². The summed E-state index contributed by atoms with van der Waals surface area (Å²) in [6.07, 6.45) is 0.928. The zero-order valence-electron chi connectivity index (χ0n) is 9.83. The third-order valence-electron chi connectivity index (χ3n) is 2.34. The minimum atomic E-state index is 0.827. The van der Waals surface area contributed by atoms with Gasteiger partial charge in [-0.05, 0) is 47.4 Å². The van der Waals surface area contributed by atoms with Crippen LogP contribution in [0.5, 0.6) is 0 Å². The van der Waals surface area contributed by atoms with Gasteiger partial charge in [-0.3, -0.25) is 0 Å². The van der Waals surface area contributed by atoms with E-state index in [-0.39, 0.29) is 0 Å². The van der Waals surface area contributed by atoms with E-state index in [1.54, 1.807) is 11.3 Å². The van der Waals surface area contributed by atoms with Gasteiger partial charge in [0.25, 0.3) is 0 Å². The average molecular weight is 359 g/mol. The molecule has 0 amide bonds. The van der Waals surface area contributed by atoms with E-state index < -0.39 is 0 Å². The van der Waals surface area contributed by atoms with Crippen LogP contribution in [-0.4, -0.2) is 16.5 Å². The summed E-state index contributed by atoms with van der Waals surface area (Å²) in [5.41, 5.74) is 1.11. The minimum Gasteiger partial charge on any atom is -0.369 e. The second kappa shape index (κ2) is 5.77. The van der Waals surface area contributed by atoms with Crippen LogP contribution in [0.15, 0.2) is 17.5 Å². The van der Waals surface area contributed by atoms with E-state index in [9.17, 15) is 0 Å². The Morgan fingerprint density at radius 1 is 1.35 bits per heavy atom. The number of rotatable bonds is 4. The summed E-state index contributed by atoms with van der Waals surface area (Å²) in [4.78, 5) is 10.3. The number of nitrogens with zero attached hydrogens (tertiary/aromatic N) is 2. The van der Waals surface area contributed by atoms with Gasteiger partial charge in [-0.2, -0.15) is 0 Å². The van der Waals surface area contributed by atoms with Gasteiger partial charge in [-0.15, -0.1) is 11.3 Å². The molecule has 90 valence electrons. The molecule has 2 aromatic rings. The fraction of sp³-hybridized carbons (Fsp3) is 0.333. The van der Waals surface area contributed by atoms with Crippen molar-refractivity contribution in [2.75, 3.05) is 11.9 Å². The smallest absolute Gasteiger partial charge is 0.171 e. The van der Waals surface area contributed by atoms with E-state index in [1.165, 1.54) is 0 Å². The molecule has 0 radical (unpaired) electrons. The van der Waals surface area contributed by atoms with Crippen LogP contribution in [0.3, 0.4) is 0 Å². The Bertz CT molecular complexity index is 497. The van der Waals surface area contributed by atoms with Gasteiger partial charge in [0.1, 0.15) is 5.82 Å². The minimum absolute atomic E-state index is 0.827. The van der Waals surface area contributed by atoms with Crippen molar-refractivity contribution < 1.29 is 0 Å². The molecule has 5 heteroatoms. The number of anilines is 1. The van der Waals surface area contributed by atoms with Gasteiger partial charge in [0, 0.05) is 6.54 Å². The number of aromatic nitrogens is 2. The first-order chi connectivity index (χ1) is 8.26. The molecule has 1 N–H and O–H groups in total. The topological polar surface area (TPSA) is 37.8 Å². The summed E-state index contributed by atoms with van der Waals surface area (Å²) < 4.78 is 1.13. The molecule has 2 heterocycles. The molecule has 0 fully saturated rings. The number of hydrogen-bond acceptors (Lipinski definition) is 4. The van der Waals surface area contributed by atoms with E-state index in [0.29, 0.717) is 0 Å². The molecular formula is C12H14IN3S. The molecule has 0 aliphatic heterocycles. The largest absolute Gasteiger partial charge is 0.369 e. The maximum Gasteiger partial charge on any atom is 0.171 e. The Morgan fingerprint density at radius 3 is 2.76 bits per heavy atom. The van der Waals surface area contributed by atoms with Gasteiger partial charge >= 0.3 is 0 Å². The Hall–Kier alpha value is -0.690. The highest BCUT2D eigenvalue weighted by Gasteiger charge is 2.12. The molecule has 3 nitrogen and oxygen atoms in total. The zero-order chi connectivity index (χ0) is 12.3. The monoisotopic (exact) mass is 359 g/mol. The van der Waals surface area contributed by atoms with E-state index in [2.05, 4.69) is 63.2 Å². The molecule has 0 bridgehead atoms. The molecule has 0 atom stereocenters. The van der Waals surface area contributed by atoms with Gasteiger partial charge in [0.05, 0.1) is 14.1 Å². The van der Waals surface area contributed by atoms with E-state index in [4.69, 9.17) is 0 Å². The van der Waals surface area contributed by atoms with Crippen molar-refractivity contribution in [1.29, 1.82) is 0 Å². The molecule has 0 spiro atoms. The highest BCUT2D eigenvalue weighted by atomic mass is 127. The molecule has 2 aromatic heterocycles. The van der Waals surface area contributed by atoms with Crippen LogP contribution in [0.1, 0.15) is 19.5 Å². The van der Waals surface area contributed by atoms with Crippen molar-refractivity contribution in [2.45, 2.75) is 20.3 Å². The second-order valence-corrected chi connectivity index (χ2v) is 5.54. The molecule has 0 aromatic carbocycles. The highest BCUT2D eigenvalue weighted by molar-refractivity contribution is 14.1. The van der Waals surface area contributed by atoms with Crippen LogP contribution in [0, 0.1) is 3.57 Å². The summed E-state index contributed by atoms with van der Waals surface area (Å²) in [6, 6.07) is 4.09. The second-order valence-electron chi connectivity index (χ2n) is 3.52. The molecule has 17 heavy (non-hydrogen) atoms. The summed E-state index contributed by atoms with van der Waals surface area (Å²) in [5, 5.41) is 5.35. The van der Waals surface area contributed by atoms with Crippen LogP contribution < -0.4 is 5.32 Å². The zero-order valence-corrected chi connectivity index (χ0v) is 12.8. The van der Waals surface area contributed by atoms with Gasteiger partial charge in [-0.1, -0.05) is 13.0 Å². The Morgan fingerprint density at radius 2 is 2.18 bits per heavy atom. The number of thiophene rings is 1. The first-order valence-electron chi connectivity index (χ1n) is 5.60. The molecular weight excluding hydrogens is 345 g/mol. The van der Waals surface area contributed by atoms with Crippen molar-refractivity contribution in [3.8, 4) is 10.7 Å². The quantitative estimate of drug-likeness (QED) is 0.844. The van der Waals surface area contributed by atoms with Crippen molar-refractivity contribution in [3.63, 3.8) is 0 Å². The predicted molar refractivity (Wildman–Crippen MR) is 81.6 cm³/mol. The number of hydrogen-bond donors (Lipinski definition) is 1. The fourth-order valence-corrected chi connectivity index (χ4v) is 3.00. The highest BCUT2D eigenvalue weighted by Crippen LogP contribution is 2.26. The lowest BCUT2D eigenvalue weighted by atomic mass is 10.3. The average Bonchev–Trinajstić information content (AvgIpc) is 2.85. The van der Waals surface area contributed by atoms with E-state index >= 15 is 0 Å². The van der Waals surface area contributed by atoms with Crippen molar-refractivity contribution in [1.82, 2.24) is 9.97 Å². The van der Waals surface area contributed by atoms with Crippen molar-refractivity contribution in [3.05, 3.63) is 26.8 Å². The molecule has 0 aliphatic carbocycles. The molecule has 0 saturated carbocycles. The molecule has 0 aliphatic rings. The number of halogens is 1. The Labute approximate surface area is 119 Å². The summed E-state index contributed by atoms with van der Waals surface area (Å²) >= 11 is 3.99. The van der Waals surface area contributed by atoms with Crippen molar-refractivity contribution >= 4 is 39.7 Å². The van der Waals surface area contributed by atoms with E-state index in [1.807, 2.05) is 6.07 Å². The number of aryl methyl sites for hydroxylation is 1. The molecule has 2 rings (SSSR count). The van der Waals surface area contributed by atoms with E-state index in [0.717, 1.165) is 38.7 Å². The molecule has 0 unspecified atom stereocenters. The maximum atomic E-state index is 4.63. The maximum absolute atomic E-state index is 4.63. The SMILES string of the molecule is CCNc1nc(-c2cccs2)nc(CC)c1I. The van der Waals surface area contributed by atoms with Crippen LogP contribution in [0.25, 0.3) is 10.7 Å². The van der Waals surface area contributed by atoms with Crippen LogP contribution >= 0.6 is 33.9 Å². The predicted octanol–water partition coefficient (Wildman–Crippen LogP) is 3.80. The summed E-state index contributed by atoms with van der Waals surface area (Å²) in [5.74, 6) is 1.77. The fourth-order valence-electron chi connectivity index (χ4n) is 1.53. The Kier molecular flexibility index (Phi) is 4.33. The lowest BCUT2D eigenvalue weighted by Crippen LogP contribution is -2.07. The molecule has 0 saturated heterocycles. The van der Waals surface area contributed by atoms with Crippen LogP contribution in [0.4, 0.5) is 5.82 Å². The van der Waals surface area contributed by atoms with Gasteiger partial charge < -0.3 is 5.32 Å². The Balaban J connectivity index is 2.50. The van der Waals surface area contributed by atoms with Gasteiger partial charge in [0.15, 0.2) is 5.82 Å². The van der Waals surface area contributed by atoms with Gasteiger partial charge in [0.2, 0.25) is 0 Å². The van der Waals surface area contributed by atoms with Crippen LogP contribution in [0.2, 0.25) is 0 Å². The lowest BCUT2D eigenvalue weighted by Gasteiger charge is -2.10. The standard InChI is InChI=1S/C12H14IN3S/c1-3-8-10(13)12(14-4-2)16-11(15-8)9-6-5-7-17-9/h5-7H,3-4H2,1-2H3,(H,14,15,16). The summed E-state index contributed by atoms with van der Waals surface area (Å²) in [6.45, 7) is 5.08. The summed E-state index contributed by atoms with van der Waals surface area (Å²) in [7, 11) is 0. The first-order valence-corrected chi connectivity index (χ1v) is 7.56. The first kappa shape index (κ1) is 12.8. The third-order valence-corrected chi connectivity index (χ3v) is 4.34. The van der Waals surface area contributed by atoms with Crippen LogP contribution in [-0.2, 0) is 6.42 Å².